The van der Waals surface area contributed by atoms with Crippen molar-refractivity contribution in [3.05, 3.63) is 107 Å². The first-order valence-electron chi connectivity index (χ1n) is 11.5. The average molecular weight is 437 g/mol. The van der Waals surface area contributed by atoms with Crippen LogP contribution in [0.15, 0.2) is 84.9 Å². The number of likely N-dealkylation sites (tertiary alicyclic amines) is 1. The summed E-state index contributed by atoms with van der Waals surface area (Å²) in [4.78, 5) is 14.4. The molecule has 33 heavy (non-hydrogen) atoms. The molecule has 4 nitrogen and oxygen atoms in total. The summed E-state index contributed by atoms with van der Waals surface area (Å²) in [6.45, 7) is 4.25. The van der Waals surface area contributed by atoms with Gasteiger partial charge in [-0.05, 0) is 72.7 Å². The predicted molar refractivity (Wildman–Crippen MR) is 133 cm³/mol. The highest BCUT2D eigenvalue weighted by atomic mass is 16.5. The molecular formula is C29H28N2O2. The fourth-order valence-corrected chi connectivity index (χ4v) is 4.93. The highest BCUT2D eigenvalue weighted by Gasteiger charge is 2.26. The summed E-state index contributed by atoms with van der Waals surface area (Å²) < 4.78 is 6.19. The first kappa shape index (κ1) is 21.2. The van der Waals surface area contributed by atoms with Crippen molar-refractivity contribution in [2.24, 2.45) is 5.73 Å². The molecule has 0 aromatic heterocycles. The first-order chi connectivity index (χ1) is 16.1. The van der Waals surface area contributed by atoms with E-state index in [-0.39, 0.29) is 0 Å². The summed E-state index contributed by atoms with van der Waals surface area (Å²) in [5, 5.41) is 1.67. The zero-order valence-corrected chi connectivity index (χ0v) is 18.8. The van der Waals surface area contributed by atoms with E-state index in [4.69, 9.17) is 10.5 Å². The topological polar surface area (TPSA) is 55.6 Å². The Bertz CT molecular complexity index is 1300. The van der Waals surface area contributed by atoms with Crippen molar-refractivity contribution in [2.45, 2.75) is 32.4 Å². The van der Waals surface area contributed by atoms with Crippen LogP contribution in [0.5, 0.6) is 11.5 Å². The monoisotopic (exact) mass is 436 g/mol. The molecule has 4 aromatic carbocycles. The highest BCUT2D eigenvalue weighted by molar-refractivity contribution is 6.08. The number of rotatable bonds is 6. The zero-order chi connectivity index (χ0) is 22.8. The number of primary amides is 1. The summed E-state index contributed by atoms with van der Waals surface area (Å²) in [5.41, 5.74) is 10.1. The molecular weight excluding hydrogens is 408 g/mol. The molecule has 4 aromatic rings. The van der Waals surface area contributed by atoms with Gasteiger partial charge in [-0.1, -0.05) is 60.7 Å². The molecule has 5 rings (SSSR count). The van der Waals surface area contributed by atoms with Gasteiger partial charge >= 0.3 is 0 Å². The number of hydrogen-bond acceptors (Lipinski definition) is 3. The van der Waals surface area contributed by atoms with Crippen molar-refractivity contribution >= 4 is 16.7 Å². The molecule has 0 radical (unpaired) electrons. The van der Waals surface area contributed by atoms with Gasteiger partial charge in [0.15, 0.2) is 0 Å². The molecule has 0 spiro atoms. The maximum atomic E-state index is 11.8. The molecule has 1 aliphatic rings. The van der Waals surface area contributed by atoms with E-state index in [1.807, 2.05) is 42.5 Å². The van der Waals surface area contributed by atoms with E-state index in [9.17, 15) is 4.79 Å². The minimum Gasteiger partial charge on any atom is -0.457 e. The molecule has 1 unspecified atom stereocenters. The van der Waals surface area contributed by atoms with Gasteiger partial charge in [0.2, 0.25) is 5.91 Å². The van der Waals surface area contributed by atoms with Gasteiger partial charge in [0.1, 0.15) is 11.5 Å². The number of ether oxygens (including phenoxy) is 1. The Morgan fingerprint density at radius 2 is 1.67 bits per heavy atom. The molecule has 0 bridgehead atoms. The Kier molecular flexibility index (Phi) is 5.84. The van der Waals surface area contributed by atoms with Crippen molar-refractivity contribution in [2.75, 3.05) is 6.54 Å². The molecule has 1 amide bonds. The predicted octanol–water partition coefficient (Wildman–Crippen LogP) is 6.38. The Morgan fingerprint density at radius 1 is 0.939 bits per heavy atom. The largest absolute Gasteiger partial charge is 0.457 e. The summed E-state index contributed by atoms with van der Waals surface area (Å²) in [6, 6.07) is 28.8. The highest BCUT2D eigenvalue weighted by Crippen LogP contribution is 2.35. The van der Waals surface area contributed by atoms with Crippen molar-refractivity contribution < 1.29 is 9.53 Å². The molecule has 1 fully saturated rings. The van der Waals surface area contributed by atoms with E-state index >= 15 is 0 Å². The minimum absolute atomic E-state index is 0.437. The molecule has 166 valence electrons. The molecule has 0 aliphatic carbocycles. The normalized spacial score (nSPS) is 16.2. The van der Waals surface area contributed by atoms with Gasteiger partial charge in [-0.2, -0.15) is 0 Å². The van der Waals surface area contributed by atoms with Crippen molar-refractivity contribution in [1.82, 2.24) is 4.90 Å². The van der Waals surface area contributed by atoms with E-state index in [1.54, 1.807) is 6.07 Å². The van der Waals surface area contributed by atoms with Crippen LogP contribution < -0.4 is 10.5 Å². The molecule has 1 atom stereocenters. The third-order valence-electron chi connectivity index (χ3n) is 6.60. The molecule has 0 saturated carbocycles. The summed E-state index contributed by atoms with van der Waals surface area (Å²) >= 11 is 0. The van der Waals surface area contributed by atoms with Crippen molar-refractivity contribution in [3.63, 3.8) is 0 Å². The van der Waals surface area contributed by atoms with Gasteiger partial charge in [0.05, 0.1) is 0 Å². The molecule has 1 heterocycles. The van der Waals surface area contributed by atoms with Gasteiger partial charge in [0, 0.05) is 23.5 Å². The van der Waals surface area contributed by atoms with Gasteiger partial charge in [0.25, 0.3) is 0 Å². The van der Waals surface area contributed by atoms with Crippen LogP contribution in [0, 0.1) is 6.92 Å². The Balaban J connectivity index is 1.33. The first-order valence-corrected chi connectivity index (χ1v) is 11.5. The fourth-order valence-electron chi connectivity index (χ4n) is 4.93. The van der Waals surface area contributed by atoms with E-state index in [0.29, 0.717) is 17.4 Å². The quantitative estimate of drug-likeness (QED) is 0.382. The van der Waals surface area contributed by atoms with Crippen LogP contribution in [0.25, 0.3) is 10.8 Å². The van der Waals surface area contributed by atoms with E-state index in [2.05, 4.69) is 48.2 Å². The van der Waals surface area contributed by atoms with E-state index in [0.717, 1.165) is 29.6 Å². The fraction of sp³-hybridized carbons (Fsp3) is 0.207. The number of carbonyl (C=O) groups excluding carboxylic acids is 1. The Hall–Kier alpha value is -3.63. The van der Waals surface area contributed by atoms with Gasteiger partial charge < -0.3 is 10.5 Å². The Morgan fingerprint density at radius 3 is 2.42 bits per heavy atom. The standard InChI is InChI=1S/C29H28N2O2/c1-20-7-2-3-8-23(20)27-11-6-18-31(27)19-21-12-14-22(15-13-21)33-28-17-16-26(29(30)32)24-9-4-5-10-25(24)28/h2-5,7-10,12-17,27H,6,11,18-19H2,1H3,(H2,30,32). The lowest BCUT2D eigenvalue weighted by molar-refractivity contribution is 0.100. The molecule has 1 saturated heterocycles. The Labute approximate surface area is 194 Å². The van der Waals surface area contributed by atoms with Crippen LogP contribution in [0.4, 0.5) is 0 Å². The van der Waals surface area contributed by atoms with Crippen LogP contribution in [0.3, 0.4) is 0 Å². The maximum absolute atomic E-state index is 11.8. The number of hydrogen-bond donors (Lipinski definition) is 1. The van der Waals surface area contributed by atoms with Crippen LogP contribution in [-0.2, 0) is 6.54 Å². The van der Waals surface area contributed by atoms with E-state index in [1.165, 1.54) is 29.5 Å². The summed E-state index contributed by atoms with van der Waals surface area (Å²) in [5.74, 6) is 1.04. The molecule has 4 heteroatoms. The number of aryl methyl sites for hydroxylation is 1. The van der Waals surface area contributed by atoms with Crippen molar-refractivity contribution in [3.8, 4) is 11.5 Å². The summed E-state index contributed by atoms with van der Waals surface area (Å²) in [7, 11) is 0. The second-order valence-electron chi connectivity index (χ2n) is 8.75. The van der Waals surface area contributed by atoms with Crippen molar-refractivity contribution in [1.29, 1.82) is 0 Å². The number of nitrogens with two attached hydrogens (primary N) is 1. The van der Waals surface area contributed by atoms with Crippen LogP contribution >= 0.6 is 0 Å². The number of amides is 1. The number of benzene rings is 4. The zero-order valence-electron chi connectivity index (χ0n) is 18.8. The minimum atomic E-state index is -0.437. The maximum Gasteiger partial charge on any atom is 0.249 e. The lowest BCUT2D eigenvalue weighted by Gasteiger charge is -2.26. The van der Waals surface area contributed by atoms with Crippen LogP contribution in [-0.4, -0.2) is 17.4 Å². The number of nitrogens with zero attached hydrogens (tertiary/aromatic N) is 1. The van der Waals surface area contributed by atoms with Crippen LogP contribution in [0.2, 0.25) is 0 Å². The number of fused-ring (bicyclic) bond motifs is 1. The van der Waals surface area contributed by atoms with Gasteiger partial charge in [-0.15, -0.1) is 0 Å². The third kappa shape index (κ3) is 4.35. The SMILES string of the molecule is Cc1ccccc1C1CCCN1Cc1ccc(Oc2ccc(C(N)=O)c3ccccc23)cc1. The lowest BCUT2D eigenvalue weighted by atomic mass is 9.99. The smallest absolute Gasteiger partial charge is 0.249 e. The van der Waals surface area contributed by atoms with Gasteiger partial charge in [-0.3, -0.25) is 9.69 Å². The molecule has 1 aliphatic heterocycles. The number of carbonyl (C=O) groups is 1. The average Bonchev–Trinajstić information content (AvgIpc) is 3.28. The third-order valence-corrected chi connectivity index (χ3v) is 6.60. The van der Waals surface area contributed by atoms with E-state index < -0.39 is 5.91 Å². The van der Waals surface area contributed by atoms with Crippen LogP contribution in [0.1, 0.15) is 45.9 Å². The summed E-state index contributed by atoms with van der Waals surface area (Å²) in [6.07, 6.45) is 2.44. The second-order valence-corrected chi connectivity index (χ2v) is 8.75. The molecule has 2 N–H and O–H groups in total. The lowest BCUT2D eigenvalue weighted by Crippen LogP contribution is -2.23. The van der Waals surface area contributed by atoms with Gasteiger partial charge in [-0.25, -0.2) is 0 Å². The second kappa shape index (κ2) is 9.08.